The van der Waals surface area contributed by atoms with E-state index in [0.717, 1.165) is 22.4 Å². The average Bonchev–Trinajstić information content (AvgIpc) is 2.93. The van der Waals surface area contributed by atoms with Crippen molar-refractivity contribution in [2.75, 3.05) is 17.3 Å². The van der Waals surface area contributed by atoms with Gasteiger partial charge in [-0.3, -0.25) is 9.59 Å². The molecule has 0 aliphatic carbocycles. The number of thioether (sulfide) groups is 1. The fraction of sp³-hybridized carbons (Fsp3) is 0.333. The van der Waals surface area contributed by atoms with Gasteiger partial charge in [-0.25, -0.2) is 4.90 Å². The predicted octanol–water partition coefficient (Wildman–Crippen LogP) is 5.38. The standard InChI is InChI=1S/C24H27NO3S/c1-6-29-22-21(18-9-11-19(12-10-18)28-14-15(2)3)23(26)25(24(22)27)20-13-16(4)7-8-17(20)5/h7-13,15H,6,14H2,1-5H3. The van der Waals surface area contributed by atoms with Crippen LogP contribution in [0.15, 0.2) is 47.4 Å². The minimum atomic E-state index is -0.268. The number of benzene rings is 2. The van der Waals surface area contributed by atoms with Crippen LogP contribution in [-0.4, -0.2) is 24.2 Å². The Morgan fingerprint density at radius 3 is 2.31 bits per heavy atom. The van der Waals surface area contributed by atoms with Crippen molar-refractivity contribution in [2.24, 2.45) is 5.92 Å². The molecule has 0 unspecified atom stereocenters. The number of aryl methyl sites for hydroxylation is 2. The highest BCUT2D eigenvalue weighted by molar-refractivity contribution is 8.04. The van der Waals surface area contributed by atoms with Gasteiger partial charge in [0, 0.05) is 0 Å². The summed E-state index contributed by atoms with van der Waals surface area (Å²) < 4.78 is 5.74. The third-order valence-corrected chi connectivity index (χ3v) is 5.62. The van der Waals surface area contributed by atoms with Crippen molar-refractivity contribution in [3.05, 3.63) is 64.1 Å². The highest BCUT2D eigenvalue weighted by Gasteiger charge is 2.40. The lowest BCUT2D eigenvalue weighted by Gasteiger charge is -2.18. The van der Waals surface area contributed by atoms with E-state index < -0.39 is 0 Å². The molecule has 4 nitrogen and oxygen atoms in total. The first-order valence-electron chi connectivity index (χ1n) is 9.89. The van der Waals surface area contributed by atoms with Crippen molar-refractivity contribution in [1.29, 1.82) is 0 Å². The summed E-state index contributed by atoms with van der Waals surface area (Å²) in [4.78, 5) is 28.4. The molecule has 29 heavy (non-hydrogen) atoms. The van der Waals surface area contributed by atoms with E-state index in [-0.39, 0.29) is 11.8 Å². The molecule has 0 saturated carbocycles. The van der Waals surface area contributed by atoms with Gasteiger partial charge in [-0.15, -0.1) is 11.8 Å². The first-order chi connectivity index (χ1) is 13.8. The topological polar surface area (TPSA) is 46.6 Å². The molecule has 0 N–H and O–H groups in total. The van der Waals surface area contributed by atoms with Crippen molar-refractivity contribution in [2.45, 2.75) is 34.6 Å². The normalized spacial score (nSPS) is 14.3. The van der Waals surface area contributed by atoms with Gasteiger partial charge in [-0.05, 0) is 60.4 Å². The van der Waals surface area contributed by atoms with Crippen molar-refractivity contribution in [1.82, 2.24) is 0 Å². The summed E-state index contributed by atoms with van der Waals surface area (Å²) in [6.07, 6.45) is 0. The third-order valence-electron chi connectivity index (χ3n) is 4.66. The van der Waals surface area contributed by atoms with Crippen LogP contribution >= 0.6 is 11.8 Å². The largest absolute Gasteiger partial charge is 0.493 e. The molecular weight excluding hydrogens is 382 g/mol. The van der Waals surface area contributed by atoms with E-state index in [2.05, 4.69) is 13.8 Å². The Hall–Kier alpha value is -2.53. The molecule has 1 aliphatic rings. The lowest BCUT2D eigenvalue weighted by atomic mass is 10.1. The van der Waals surface area contributed by atoms with E-state index in [4.69, 9.17) is 4.74 Å². The number of anilines is 1. The molecule has 3 rings (SSSR count). The number of hydrogen-bond donors (Lipinski definition) is 0. The summed E-state index contributed by atoms with van der Waals surface area (Å²) in [5, 5.41) is 0. The molecule has 2 amide bonds. The molecule has 0 bridgehead atoms. The second-order valence-corrected chi connectivity index (χ2v) is 8.88. The molecule has 0 aromatic heterocycles. The Balaban J connectivity index is 1.98. The van der Waals surface area contributed by atoms with Gasteiger partial charge in [0.2, 0.25) is 0 Å². The summed E-state index contributed by atoms with van der Waals surface area (Å²) in [5.41, 5.74) is 3.77. The number of hydrogen-bond acceptors (Lipinski definition) is 4. The molecule has 0 spiro atoms. The minimum Gasteiger partial charge on any atom is -0.493 e. The first kappa shape index (κ1) is 21.2. The van der Waals surface area contributed by atoms with Crippen molar-refractivity contribution in [3.8, 4) is 5.75 Å². The Kier molecular flexibility index (Phi) is 6.48. The smallest absolute Gasteiger partial charge is 0.272 e. The maximum atomic E-state index is 13.4. The number of carbonyl (C=O) groups excluding carboxylic acids is 2. The van der Waals surface area contributed by atoms with Gasteiger partial charge >= 0.3 is 0 Å². The zero-order valence-corrected chi connectivity index (χ0v) is 18.4. The number of nitrogens with zero attached hydrogens (tertiary/aromatic N) is 1. The van der Waals surface area contributed by atoms with Crippen LogP contribution in [0.4, 0.5) is 5.69 Å². The van der Waals surface area contributed by atoms with E-state index >= 15 is 0 Å². The van der Waals surface area contributed by atoms with Crippen molar-refractivity contribution in [3.63, 3.8) is 0 Å². The summed E-state index contributed by atoms with van der Waals surface area (Å²) in [6, 6.07) is 13.3. The van der Waals surface area contributed by atoms with E-state index in [1.54, 1.807) is 0 Å². The van der Waals surface area contributed by atoms with Gasteiger partial charge in [-0.2, -0.15) is 0 Å². The van der Waals surface area contributed by atoms with Crippen molar-refractivity contribution < 1.29 is 14.3 Å². The summed E-state index contributed by atoms with van der Waals surface area (Å²) in [7, 11) is 0. The quantitative estimate of drug-likeness (QED) is 0.576. The maximum Gasteiger partial charge on any atom is 0.272 e. The minimum absolute atomic E-state index is 0.245. The molecule has 2 aromatic rings. The molecule has 0 saturated heterocycles. The Morgan fingerprint density at radius 2 is 1.69 bits per heavy atom. The van der Waals surface area contributed by atoms with E-state index in [9.17, 15) is 9.59 Å². The van der Waals surface area contributed by atoms with Crippen LogP contribution in [0.5, 0.6) is 5.75 Å². The third kappa shape index (κ3) is 4.40. The van der Waals surface area contributed by atoms with E-state index in [1.807, 2.05) is 63.2 Å². The lowest BCUT2D eigenvalue weighted by Crippen LogP contribution is -2.32. The van der Waals surface area contributed by atoms with Crippen LogP contribution < -0.4 is 9.64 Å². The number of carbonyl (C=O) groups is 2. The Bertz CT molecular complexity index is 961. The van der Waals surface area contributed by atoms with Crippen LogP contribution in [-0.2, 0) is 9.59 Å². The molecule has 1 aliphatic heterocycles. The highest BCUT2D eigenvalue weighted by atomic mass is 32.2. The van der Waals surface area contributed by atoms with Crippen LogP contribution in [0.2, 0.25) is 0 Å². The maximum absolute atomic E-state index is 13.4. The zero-order valence-electron chi connectivity index (χ0n) is 17.6. The number of imide groups is 1. The monoisotopic (exact) mass is 409 g/mol. The highest BCUT2D eigenvalue weighted by Crippen LogP contribution is 2.39. The average molecular weight is 410 g/mol. The fourth-order valence-electron chi connectivity index (χ4n) is 3.20. The number of rotatable bonds is 7. The van der Waals surface area contributed by atoms with Crippen LogP contribution in [0.1, 0.15) is 37.5 Å². The molecule has 0 fully saturated rings. The van der Waals surface area contributed by atoms with Gasteiger partial charge in [0.25, 0.3) is 11.8 Å². The van der Waals surface area contributed by atoms with Gasteiger partial charge in [-0.1, -0.05) is 45.0 Å². The van der Waals surface area contributed by atoms with E-state index in [1.165, 1.54) is 16.7 Å². The molecule has 0 radical (unpaired) electrons. The van der Waals surface area contributed by atoms with Gasteiger partial charge < -0.3 is 4.74 Å². The van der Waals surface area contributed by atoms with Crippen LogP contribution in [0.3, 0.4) is 0 Å². The first-order valence-corrected chi connectivity index (χ1v) is 10.9. The van der Waals surface area contributed by atoms with Crippen LogP contribution in [0, 0.1) is 19.8 Å². The van der Waals surface area contributed by atoms with Gasteiger partial charge in [0.15, 0.2) is 0 Å². The Labute approximate surface area is 176 Å². The SMILES string of the molecule is CCSC1=C(c2ccc(OCC(C)C)cc2)C(=O)N(c2cc(C)ccc2C)C1=O. The molecule has 2 aromatic carbocycles. The number of amides is 2. The fourth-order valence-corrected chi connectivity index (χ4v) is 4.06. The second-order valence-electron chi connectivity index (χ2n) is 7.60. The molecule has 152 valence electrons. The van der Waals surface area contributed by atoms with Crippen LogP contribution in [0.25, 0.3) is 5.57 Å². The predicted molar refractivity (Wildman–Crippen MR) is 120 cm³/mol. The summed E-state index contributed by atoms with van der Waals surface area (Å²) >= 11 is 1.42. The second kappa shape index (κ2) is 8.87. The zero-order chi connectivity index (χ0) is 21.1. The van der Waals surface area contributed by atoms with Gasteiger partial charge in [0.1, 0.15) is 5.75 Å². The lowest BCUT2D eigenvalue weighted by molar-refractivity contribution is -0.119. The Morgan fingerprint density at radius 1 is 1.00 bits per heavy atom. The summed E-state index contributed by atoms with van der Waals surface area (Å²) in [6.45, 7) is 10.7. The number of ether oxygens (including phenoxy) is 1. The van der Waals surface area contributed by atoms with E-state index in [0.29, 0.717) is 34.4 Å². The molecule has 1 heterocycles. The van der Waals surface area contributed by atoms with Gasteiger partial charge in [0.05, 0.1) is 22.8 Å². The summed E-state index contributed by atoms with van der Waals surface area (Å²) in [5.74, 6) is 1.40. The molecular formula is C24H27NO3S. The molecule has 5 heteroatoms. The van der Waals surface area contributed by atoms with Crippen molar-refractivity contribution >= 4 is 34.8 Å². The molecule has 0 atom stereocenters.